The second-order valence-corrected chi connectivity index (χ2v) is 9.60. The second kappa shape index (κ2) is 8.49. The lowest BCUT2D eigenvalue weighted by molar-refractivity contribution is -0.115. The van der Waals surface area contributed by atoms with E-state index in [4.69, 9.17) is 0 Å². The Labute approximate surface area is 174 Å². The largest absolute Gasteiger partial charge is 0.309 e. The van der Waals surface area contributed by atoms with E-state index in [1.165, 1.54) is 12.1 Å². The van der Waals surface area contributed by atoms with Crippen LogP contribution in [0.4, 0.5) is 10.2 Å². The molecule has 3 rings (SSSR count). The Hall–Kier alpha value is -2.85. The maximum Gasteiger partial charge on any atom is 0.230 e. The number of aromatic nitrogens is 3. The van der Waals surface area contributed by atoms with Crippen molar-refractivity contribution in [2.75, 3.05) is 18.1 Å². The number of hydrogen-bond donors (Lipinski definition) is 2. The monoisotopic (exact) mass is 433 g/mol. The Bertz CT molecular complexity index is 1160. The van der Waals surface area contributed by atoms with E-state index in [1.807, 2.05) is 13.8 Å². The van der Waals surface area contributed by atoms with Crippen LogP contribution in [-0.4, -0.2) is 41.7 Å². The van der Waals surface area contributed by atoms with Gasteiger partial charge in [0.2, 0.25) is 15.9 Å². The van der Waals surface area contributed by atoms with E-state index in [2.05, 4.69) is 20.1 Å². The number of halogens is 1. The second-order valence-electron chi connectivity index (χ2n) is 7.76. The molecular weight excluding hydrogens is 409 g/mol. The summed E-state index contributed by atoms with van der Waals surface area (Å²) < 4.78 is 40.0. The number of nitrogens with one attached hydrogen (secondary N) is 2. The molecule has 0 aliphatic carbocycles. The Morgan fingerprint density at radius 3 is 2.60 bits per heavy atom. The number of benzene rings is 1. The molecule has 2 N–H and O–H groups in total. The molecule has 0 saturated heterocycles. The van der Waals surface area contributed by atoms with Crippen LogP contribution in [0.15, 0.2) is 42.7 Å². The highest BCUT2D eigenvalue weighted by atomic mass is 32.2. The van der Waals surface area contributed by atoms with E-state index in [0.29, 0.717) is 29.0 Å². The van der Waals surface area contributed by atoms with Crippen LogP contribution in [0, 0.1) is 5.82 Å². The number of anilines is 1. The molecule has 160 valence electrons. The van der Waals surface area contributed by atoms with Crippen molar-refractivity contribution >= 4 is 27.4 Å². The molecule has 30 heavy (non-hydrogen) atoms. The van der Waals surface area contributed by atoms with Crippen LogP contribution >= 0.6 is 0 Å². The number of rotatable bonds is 8. The molecule has 0 unspecified atom stereocenters. The Balaban J connectivity index is 1.87. The Morgan fingerprint density at radius 1 is 1.23 bits per heavy atom. The maximum absolute atomic E-state index is 13.1. The van der Waals surface area contributed by atoms with Crippen LogP contribution in [-0.2, 0) is 26.7 Å². The van der Waals surface area contributed by atoms with E-state index < -0.39 is 15.4 Å². The van der Waals surface area contributed by atoms with Gasteiger partial charge in [0, 0.05) is 24.5 Å². The molecule has 0 aliphatic heterocycles. The number of nitrogens with zero attached hydrogens (tertiary/aromatic N) is 3. The molecule has 2 aromatic heterocycles. The van der Waals surface area contributed by atoms with Gasteiger partial charge >= 0.3 is 0 Å². The molecule has 0 aliphatic rings. The molecule has 3 aromatic rings. The molecular formula is C20H24FN5O3S. The van der Waals surface area contributed by atoms with Crippen LogP contribution in [0.2, 0.25) is 0 Å². The van der Waals surface area contributed by atoms with Crippen molar-refractivity contribution in [3.63, 3.8) is 0 Å². The van der Waals surface area contributed by atoms with Crippen molar-refractivity contribution in [2.24, 2.45) is 0 Å². The summed E-state index contributed by atoms with van der Waals surface area (Å²) in [6.45, 7) is 4.12. The van der Waals surface area contributed by atoms with Gasteiger partial charge in [-0.3, -0.25) is 4.79 Å². The van der Waals surface area contributed by atoms with Crippen molar-refractivity contribution < 1.29 is 17.6 Å². The minimum atomic E-state index is -3.31. The van der Waals surface area contributed by atoms with Crippen LogP contribution in [0.3, 0.4) is 0 Å². The summed E-state index contributed by atoms with van der Waals surface area (Å²) in [6.07, 6.45) is 5.01. The smallest absolute Gasteiger partial charge is 0.230 e. The summed E-state index contributed by atoms with van der Waals surface area (Å²) in [6, 6.07) is 7.46. The minimum absolute atomic E-state index is 0.0666. The molecule has 0 saturated carbocycles. The first-order chi connectivity index (χ1) is 14.0. The zero-order valence-corrected chi connectivity index (χ0v) is 17.8. The predicted octanol–water partition coefficient (Wildman–Crippen LogP) is 2.27. The lowest BCUT2D eigenvalue weighted by atomic mass is 9.82. The first kappa shape index (κ1) is 21.8. The number of amides is 1. The Morgan fingerprint density at radius 2 is 1.93 bits per heavy atom. The Kier molecular flexibility index (Phi) is 6.18. The molecule has 1 aromatic carbocycles. The van der Waals surface area contributed by atoms with Gasteiger partial charge in [-0.15, -0.1) is 5.10 Å². The number of fused-ring (bicyclic) bond motifs is 1. The first-order valence-corrected chi connectivity index (χ1v) is 11.3. The van der Waals surface area contributed by atoms with Crippen molar-refractivity contribution in [3.05, 3.63) is 59.7 Å². The maximum atomic E-state index is 13.1. The van der Waals surface area contributed by atoms with Gasteiger partial charge in [0.25, 0.3) is 0 Å². The molecule has 0 bridgehead atoms. The lowest BCUT2D eigenvalue weighted by Crippen LogP contribution is -2.30. The SMILES string of the molecule is CC(C)(CCNS(C)(=O)=O)c1c(NC(=O)Cc2ccc(F)cc2)nn2cccnc12. The third-order valence-electron chi connectivity index (χ3n) is 4.72. The van der Waals surface area contributed by atoms with Gasteiger partial charge in [-0.25, -0.2) is 27.0 Å². The standard InChI is InChI=1S/C20H24FN5O3S/c1-20(2,9-11-23-30(3,28)29)17-18(25-26-12-4-10-22-19(17)26)24-16(27)13-14-5-7-15(21)8-6-14/h4-8,10,12,23H,9,11,13H2,1-3H3,(H,24,25,27). The van der Waals surface area contributed by atoms with Gasteiger partial charge in [0.1, 0.15) is 5.82 Å². The van der Waals surface area contributed by atoms with Crippen LogP contribution in [0.1, 0.15) is 31.4 Å². The average molecular weight is 434 g/mol. The first-order valence-electron chi connectivity index (χ1n) is 9.38. The summed E-state index contributed by atoms with van der Waals surface area (Å²) in [4.78, 5) is 17.0. The van der Waals surface area contributed by atoms with Crippen LogP contribution < -0.4 is 10.0 Å². The number of sulfonamides is 1. The van der Waals surface area contributed by atoms with Gasteiger partial charge in [0.15, 0.2) is 11.5 Å². The normalized spacial score (nSPS) is 12.3. The molecule has 2 heterocycles. The zero-order valence-electron chi connectivity index (χ0n) is 17.0. The van der Waals surface area contributed by atoms with E-state index in [1.54, 1.807) is 35.1 Å². The molecule has 0 spiro atoms. The van der Waals surface area contributed by atoms with E-state index in [-0.39, 0.29) is 24.7 Å². The highest BCUT2D eigenvalue weighted by molar-refractivity contribution is 7.88. The molecule has 1 amide bonds. The van der Waals surface area contributed by atoms with Gasteiger partial charge in [-0.1, -0.05) is 26.0 Å². The summed E-state index contributed by atoms with van der Waals surface area (Å²) in [5, 5.41) is 7.29. The topological polar surface area (TPSA) is 105 Å². The average Bonchev–Trinajstić information content (AvgIpc) is 3.00. The molecule has 0 atom stereocenters. The van der Waals surface area contributed by atoms with Gasteiger partial charge in [-0.2, -0.15) is 0 Å². The number of carbonyl (C=O) groups is 1. The van der Waals surface area contributed by atoms with Crippen LogP contribution in [0.5, 0.6) is 0 Å². The highest BCUT2D eigenvalue weighted by Gasteiger charge is 2.30. The summed E-state index contributed by atoms with van der Waals surface area (Å²) >= 11 is 0. The molecule has 0 radical (unpaired) electrons. The lowest BCUT2D eigenvalue weighted by Gasteiger charge is -2.25. The quantitative estimate of drug-likeness (QED) is 0.567. The van der Waals surface area contributed by atoms with Gasteiger partial charge in [-0.05, 0) is 35.6 Å². The third kappa shape index (κ3) is 5.39. The van der Waals surface area contributed by atoms with Crippen molar-refractivity contribution in [1.82, 2.24) is 19.3 Å². The summed E-state index contributed by atoms with van der Waals surface area (Å²) in [5.41, 5.74) is 1.44. The predicted molar refractivity (Wildman–Crippen MR) is 112 cm³/mol. The molecule has 8 nitrogen and oxygen atoms in total. The van der Waals surface area contributed by atoms with Crippen molar-refractivity contribution in [3.8, 4) is 0 Å². The van der Waals surface area contributed by atoms with Gasteiger partial charge < -0.3 is 5.32 Å². The van der Waals surface area contributed by atoms with E-state index >= 15 is 0 Å². The van der Waals surface area contributed by atoms with Crippen LogP contribution in [0.25, 0.3) is 5.65 Å². The molecule has 0 fully saturated rings. The van der Waals surface area contributed by atoms with Crippen molar-refractivity contribution in [2.45, 2.75) is 32.1 Å². The van der Waals surface area contributed by atoms with E-state index in [9.17, 15) is 17.6 Å². The molecule has 10 heteroatoms. The minimum Gasteiger partial charge on any atom is -0.309 e. The third-order valence-corrected chi connectivity index (χ3v) is 5.45. The zero-order chi connectivity index (χ0) is 21.9. The number of hydrogen-bond acceptors (Lipinski definition) is 5. The van der Waals surface area contributed by atoms with Gasteiger partial charge in [0.05, 0.1) is 12.7 Å². The summed E-state index contributed by atoms with van der Waals surface area (Å²) in [7, 11) is -3.31. The van der Waals surface area contributed by atoms with E-state index in [0.717, 1.165) is 6.26 Å². The fourth-order valence-corrected chi connectivity index (χ4v) is 3.71. The summed E-state index contributed by atoms with van der Waals surface area (Å²) in [5.74, 6) is -0.293. The highest BCUT2D eigenvalue weighted by Crippen LogP contribution is 2.35. The van der Waals surface area contributed by atoms with Crippen molar-refractivity contribution in [1.29, 1.82) is 0 Å². The fourth-order valence-electron chi connectivity index (χ4n) is 3.24. The fraction of sp³-hybridized carbons (Fsp3) is 0.350. The number of carbonyl (C=O) groups excluding carboxylic acids is 1.